The zero-order chi connectivity index (χ0) is 9.42. The first-order chi connectivity index (χ1) is 6.16. The smallest absolute Gasteiger partial charge is 0.100 e. The van der Waals surface area contributed by atoms with E-state index in [1.54, 1.807) is 0 Å². The number of rotatable bonds is 0. The molecule has 0 radical (unpaired) electrons. The van der Waals surface area contributed by atoms with Gasteiger partial charge in [0.15, 0.2) is 0 Å². The Morgan fingerprint density at radius 1 is 1.46 bits per heavy atom. The fourth-order valence-electron chi connectivity index (χ4n) is 1.79. The molecular weight excluding hydrogens is 160 g/mol. The van der Waals surface area contributed by atoms with Crippen LogP contribution in [0, 0.1) is 6.92 Å². The molecule has 2 heteroatoms. The van der Waals surface area contributed by atoms with Gasteiger partial charge in [-0.05, 0) is 30.0 Å². The van der Waals surface area contributed by atoms with Crippen molar-refractivity contribution >= 4 is 11.5 Å². The van der Waals surface area contributed by atoms with Crippen LogP contribution in [0.4, 0.5) is 5.69 Å². The molecule has 0 unspecified atom stereocenters. The van der Waals surface area contributed by atoms with Gasteiger partial charge in [0, 0.05) is 6.42 Å². The van der Waals surface area contributed by atoms with E-state index in [1.165, 1.54) is 11.1 Å². The van der Waals surface area contributed by atoms with Gasteiger partial charge in [-0.2, -0.15) is 0 Å². The van der Waals surface area contributed by atoms with E-state index in [9.17, 15) is 0 Å². The fourth-order valence-corrected chi connectivity index (χ4v) is 1.79. The standard InChI is InChI=1S/C11H14N2/c1-7-3-4-9-8(2)6-11(12)13-10(9)5-7/h3-5,8H,6H2,1-2H3,(H2,12,13)/t8-/m0/s1. The molecule has 2 N–H and O–H groups in total. The second-order valence-electron chi connectivity index (χ2n) is 3.77. The van der Waals surface area contributed by atoms with Gasteiger partial charge >= 0.3 is 0 Å². The van der Waals surface area contributed by atoms with Crippen LogP contribution in [0.3, 0.4) is 0 Å². The maximum absolute atomic E-state index is 5.74. The van der Waals surface area contributed by atoms with Crippen LogP contribution in [-0.2, 0) is 0 Å². The van der Waals surface area contributed by atoms with Crippen molar-refractivity contribution in [3.05, 3.63) is 29.3 Å². The van der Waals surface area contributed by atoms with Crippen LogP contribution in [0.25, 0.3) is 0 Å². The molecule has 68 valence electrons. The van der Waals surface area contributed by atoms with E-state index in [2.05, 4.69) is 37.0 Å². The van der Waals surface area contributed by atoms with Gasteiger partial charge in [-0.1, -0.05) is 19.1 Å². The van der Waals surface area contributed by atoms with Gasteiger partial charge in [-0.3, -0.25) is 0 Å². The SMILES string of the molecule is Cc1ccc2c(c1)N=C(N)C[C@@H]2C. The number of benzene rings is 1. The van der Waals surface area contributed by atoms with E-state index < -0.39 is 0 Å². The van der Waals surface area contributed by atoms with Crippen molar-refractivity contribution in [3.63, 3.8) is 0 Å². The molecular formula is C11H14N2. The molecule has 0 spiro atoms. The lowest BCUT2D eigenvalue weighted by molar-refractivity contribution is 0.786. The molecule has 13 heavy (non-hydrogen) atoms. The molecule has 1 aliphatic heterocycles. The highest BCUT2D eigenvalue weighted by atomic mass is 14.9. The van der Waals surface area contributed by atoms with Gasteiger partial charge in [0.2, 0.25) is 0 Å². The van der Waals surface area contributed by atoms with Crippen molar-refractivity contribution < 1.29 is 0 Å². The van der Waals surface area contributed by atoms with Crippen molar-refractivity contribution in [2.24, 2.45) is 10.7 Å². The largest absolute Gasteiger partial charge is 0.387 e. The summed E-state index contributed by atoms with van der Waals surface area (Å²) in [5.74, 6) is 1.26. The quantitative estimate of drug-likeness (QED) is 0.644. The second kappa shape index (κ2) is 2.87. The van der Waals surface area contributed by atoms with Crippen LogP contribution in [0.15, 0.2) is 23.2 Å². The Hall–Kier alpha value is -1.31. The topological polar surface area (TPSA) is 38.4 Å². The highest BCUT2D eigenvalue weighted by Gasteiger charge is 2.16. The molecule has 1 atom stereocenters. The molecule has 2 rings (SSSR count). The van der Waals surface area contributed by atoms with Crippen LogP contribution >= 0.6 is 0 Å². The molecule has 0 bridgehead atoms. The Morgan fingerprint density at radius 3 is 3.00 bits per heavy atom. The summed E-state index contributed by atoms with van der Waals surface area (Å²) in [7, 11) is 0. The summed E-state index contributed by atoms with van der Waals surface area (Å²) in [6.45, 7) is 4.26. The highest BCUT2D eigenvalue weighted by Crippen LogP contribution is 2.33. The van der Waals surface area contributed by atoms with Crippen LogP contribution in [0.5, 0.6) is 0 Å². The molecule has 0 saturated carbocycles. The van der Waals surface area contributed by atoms with E-state index >= 15 is 0 Å². The Morgan fingerprint density at radius 2 is 2.23 bits per heavy atom. The monoisotopic (exact) mass is 174 g/mol. The first kappa shape index (κ1) is 8.30. The molecule has 2 nitrogen and oxygen atoms in total. The van der Waals surface area contributed by atoms with Crippen LogP contribution < -0.4 is 5.73 Å². The van der Waals surface area contributed by atoms with Gasteiger partial charge < -0.3 is 5.73 Å². The molecule has 0 aliphatic carbocycles. The third-order valence-corrected chi connectivity index (χ3v) is 2.50. The van der Waals surface area contributed by atoms with Crippen LogP contribution in [-0.4, -0.2) is 5.84 Å². The van der Waals surface area contributed by atoms with Crippen molar-refractivity contribution in [1.82, 2.24) is 0 Å². The van der Waals surface area contributed by atoms with E-state index in [0.29, 0.717) is 5.92 Å². The highest BCUT2D eigenvalue weighted by molar-refractivity contribution is 5.86. The zero-order valence-electron chi connectivity index (χ0n) is 8.04. The van der Waals surface area contributed by atoms with Gasteiger partial charge in [-0.15, -0.1) is 0 Å². The van der Waals surface area contributed by atoms with E-state index in [0.717, 1.165) is 17.9 Å². The lowest BCUT2D eigenvalue weighted by Gasteiger charge is -2.19. The van der Waals surface area contributed by atoms with Gasteiger partial charge in [0.25, 0.3) is 0 Å². The number of aliphatic imine (C=N–C) groups is 1. The van der Waals surface area contributed by atoms with Gasteiger partial charge in [-0.25, -0.2) is 4.99 Å². The molecule has 0 fully saturated rings. The molecule has 1 heterocycles. The number of aryl methyl sites for hydroxylation is 1. The lowest BCUT2D eigenvalue weighted by atomic mass is 9.92. The maximum Gasteiger partial charge on any atom is 0.100 e. The normalized spacial score (nSPS) is 20.8. The van der Waals surface area contributed by atoms with Crippen molar-refractivity contribution in [2.75, 3.05) is 0 Å². The van der Waals surface area contributed by atoms with E-state index in [1.807, 2.05) is 0 Å². The summed E-state index contributed by atoms with van der Waals surface area (Å²) in [5.41, 5.74) is 9.35. The predicted molar refractivity (Wildman–Crippen MR) is 55.5 cm³/mol. The molecule has 0 aromatic heterocycles. The fraction of sp³-hybridized carbons (Fsp3) is 0.364. The van der Waals surface area contributed by atoms with E-state index in [4.69, 9.17) is 5.73 Å². The lowest BCUT2D eigenvalue weighted by Crippen LogP contribution is -2.17. The summed E-state index contributed by atoms with van der Waals surface area (Å²) >= 11 is 0. The molecule has 1 aromatic carbocycles. The van der Waals surface area contributed by atoms with Gasteiger partial charge in [0.05, 0.1) is 5.69 Å². The predicted octanol–water partition coefficient (Wildman–Crippen LogP) is 2.49. The Balaban J connectivity index is 2.56. The summed E-state index contributed by atoms with van der Waals surface area (Å²) in [6, 6.07) is 6.38. The third kappa shape index (κ3) is 1.44. The van der Waals surface area contributed by atoms with Crippen molar-refractivity contribution in [2.45, 2.75) is 26.2 Å². The Bertz CT molecular complexity index is 366. The van der Waals surface area contributed by atoms with Crippen molar-refractivity contribution in [3.8, 4) is 0 Å². The maximum atomic E-state index is 5.74. The zero-order valence-corrected chi connectivity index (χ0v) is 8.04. The first-order valence-corrected chi connectivity index (χ1v) is 4.60. The molecule has 1 aromatic rings. The number of fused-ring (bicyclic) bond motifs is 1. The average molecular weight is 174 g/mol. The number of amidine groups is 1. The first-order valence-electron chi connectivity index (χ1n) is 4.60. The Labute approximate surface area is 78.5 Å². The Kier molecular flexibility index (Phi) is 1.83. The summed E-state index contributed by atoms with van der Waals surface area (Å²) < 4.78 is 0. The number of nitrogens with zero attached hydrogens (tertiary/aromatic N) is 1. The van der Waals surface area contributed by atoms with E-state index in [-0.39, 0.29) is 0 Å². The number of nitrogens with two attached hydrogens (primary N) is 1. The molecule has 0 amide bonds. The molecule has 0 saturated heterocycles. The molecule has 1 aliphatic rings. The summed E-state index contributed by atoms with van der Waals surface area (Å²) in [6.07, 6.45) is 0.885. The summed E-state index contributed by atoms with van der Waals surface area (Å²) in [4.78, 5) is 4.35. The average Bonchev–Trinajstić information content (AvgIpc) is 2.02. The minimum absolute atomic E-state index is 0.507. The minimum Gasteiger partial charge on any atom is -0.387 e. The van der Waals surface area contributed by atoms with Crippen LogP contribution in [0.2, 0.25) is 0 Å². The van der Waals surface area contributed by atoms with Gasteiger partial charge in [0.1, 0.15) is 5.84 Å². The van der Waals surface area contributed by atoms with Crippen molar-refractivity contribution in [1.29, 1.82) is 0 Å². The minimum atomic E-state index is 0.507. The number of hydrogen-bond acceptors (Lipinski definition) is 2. The second-order valence-corrected chi connectivity index (χ2v) is 3.77. The summed E-state index contributed by atoms with van der Waals surface area (Å²) in [5, 5.41) is 0. The van der Waals surface area contributed by atoms with Crippen LogP contribution in [0.1, 0.15) is 30.4 Å². The number of hydrogen-bond donors (Lipinski definition) is 1. The third-order valence-electron chi connectivity index (χ3n) is 2.50.